The van der Waals surface area contributed by atoms with E-state index in [1.807, 2.05) is 4.90 Å². The lowest BCUT2D eigenvalue weighted by molar-refractivity contribution is -0.137. The van der Waals surface area contributed by atoms with Gasteiger partial charge in [0.1, 0.15) is 5.54 Å². The molecule has 2 aliphatic rings. The molecule has 11 heteroatoms. The minimum absolute atomic E-state index is 0.00611. The molecule has 2 fully saturated rings. The molecular weight excluding hydrogens is 479 g/mol. The smallest absolute Gasteiger partial charge is 0.340 e. The van der Waals surface area contributed by atoms with E-state index in [1.165, 1.54) is 6.07 Å². The fourth-order valence-corrected chi connectivity index (χ4v) is 5.02. The summed E-state index contributed by atoms with van der Waals surface area (Å²) < 4.78 is 40.3. The molecule has 0 bridgehead atoms. The summed E-state index contributed by atoms with van der Waals surface area (Å²) >= 11 is 5.52. The Morgan fingerprint density at radius 2 is 1.74 bits per heavy atom. The highest BCUT2D eigenvalue weighted by Crippen LogP contribution is 2.37. The van der Waals surface area contributed by atoms with Crippen molar-refractivity contribution < 1.29 is 22.8 Å². The SMILES string of the molecule is CC(=O)N1CCN(CCCCCN2C(=S)N(c3ccc(C#N)c(C(F)(F)F)c3)C(=O)C2(C)C)CC1. The van der Waals surface area contributed by atoms with Gasteiger partial charge < -0.3 is 9.80 Å². The van der Waals surface area contributed by atoms with E-state index in [2.05, 4.69) is 4.90 Å². The number of nitriles is 1. The molecule has 1 aromatic carbocycles. The molecule has 35 heavy (non-hydrogen) atoms. The first kappa shape index (κ1) is 26.9. The Bertz CT molecular complexity index is 1030. The Morgan fingerprint density at radius 3 is 2.31 bits per heavy atom. The van der Waals surface area contributed by atoms with E-state index in [-0.39, 0.29) is 16.7 Å². The molecule has 0 atom stereocenters. The van der Waals surface area contributed by atoms with E-state index >= 15 is 0 Å². The van der Waals surface area contributed by atoms with E-state index in [4.69, 9.17) is 17.5 Å². The van der Waals surface area contributed by atoms with Crippen molar-refractivity contribution in [2.45, 2.75) is 51.7 Å². The largest absolute Gasteiger partial charge is 0.417 e. The third-order valence-corrected chi connectivity index (χ3v) is 7.09. The summed E-state index contributed by atoms with van der Waals surface area (Å²) in [4.78, 5) is 31.7. The minimum Gasteiger partial charge on any atom is -0.340 e. The Hall–Kier alpha value is -2.71. The summed E-state index contributed by atoms with van der Waals surface area (Å²) in [6.07, 6.45) is -2.08. The summed E-state index contributed by atoms with van der Waals surface area (Å²) in [5.41, 5.74) is -2.58. The van der Waals surface area contributed by atoms with Crippen molar-refractivity contribution in [2.24, 2.45) is 0 Å². The Balaban J connectivity index is 1.59. The van der Waals surface area contributed by atoms with Crippen molar-refractivity contribution >= 4 is 34.8 Å². The molecule has 0 radical (unpaired) electrons. The van der Waals surface area contributed by atoms with Gasteiger partial charge in [-0.3, -0.25) is 19.4 Å². The zero-order valence-electron chi connectivity index (χ0n) is 20.2. The minimum atomic E-state index is -4.72. The monoisotopic (exact) mass is 509 g/mol. The van der Waals surface area contributed by atoms with E-state index in [0.29, 0.717) is 6.54 Å². The molecule has 2 saturated heterocycles. The molecular formula is C24H30F3N5O2S. The van der Waals surface area contributed by atoms with Gasteiger partial charge in [0.2, 0.25) is 5.91 Å². The standard InChI is InChI=1S/C24H30F3N5O2S/c1-17(33)30-13-11-29(12-14-30)9-5-4-6-10-31-22(35)32(21(34)23(31,2)3)19-8-7-18(16-28)20(15-19)24(25,26)27/h7-8,15H,4-6,9-14H2,1-3H3. The number of carbonyl (C=O) groups excluding carboxylic acids is 2. The molecule has 3 rings (SSSR count). The number of hydrogen-bond acceptors (Lipinski definition) is 5. The molecule has 0 unspecified atom stereocenters. The molecule has 0 aromatic heterocycles. The van der Waals surface area contributed by atoms with Crippen LogP contribution in [-0.4, -0.2) is 76.4 Å². The second-order valence-electron chi connectivity index (χ2n) is 9.38. The highest BCUT2D eigenvalue weighted by Gasteiger charge is 2.49. The number of benzene rings is 1. The lowest BCUT2D eigenvalue weighted by Crippen LogP contribution is -2.48. The van der Waals surface area contributed by atoms with Crippen LogP contribution in [0, 0.1) is 11.3 Å². The molecule has 0 spiro atoms. The van der Waals surface area contributed by atoms with Crippen molar-refractivity contribution in [1.82, 2.24) is 14.7 Å². The van der Waals surface area contributed by atoms with Gasteiger partial charge in [0.15, 0.2) is 5.11 Å². The lowest BCUT2D eigenvalue weighted by atomic mass is 10.0. The molecule has 1 aromatic rings. The molecule has 0 aliphatic carbocycles. The maximum atomic E-state index is 13.4. The Labute approximate surface area is 209 Å². The van der Waals surface area contributed by atoms with Crippen molar-refractivity contribution in [2.75, 3.05) is 44.2 Å². The summed E-state index contributed by atoms with van der Waals surface area (Å²) in [5.74, 6) is -0.295. The van der Waals surface area contributed by atoms with Gasteiger partial charge in [-0.2, -0.15) is 18.4 Å². The maximum absolute atomic E-state index is 13.4. The first-order valence-electron chi connectivity index (χ1n) is 11.6. The van der Waals surface area contributed by atoms with Crippen LogP contribution in [0.1, 0.15) is 51.2 Å². The number of carbonyl (C=O) groups is 2. The van der Waals surface area contributed by atoms with Crippen LogP contribution in [0.5, 0.6) is 0 Å². The van der Waals surface area contributed by atoms with Gasteiger partial charge in [-0.1, -0.05) is 6.42 Å². The summed E-state index contributed by atoms with van der Waals surface area (Å²) in [5, 5.41) is 9.21. The molecule has 0 N–H and O–H groups in total. The van der Waals surface area contributed by atoms with Crippen molar-refractivity contribution in [3.63, 3.8) is 0 Å². The maximum Gasteiger partial charge on any atom is 0.417 e. The van der Waals surface area contributed by atoms with Crippen LogP contribution in [0.4, 0.5) is 18.9 Å². The number of anilines is 1. The van der Waals surface area contributed by atoms with Crippen LogP contribution in [0.2, 0.25) is 0 Å². The van der Waals surface area contributed by atoms with Crippen LogP contribution < -0.4 is 4.90 Å². The normalized spacial score (nSPS) is 18.8. The van der Waals surface area contributed by atoms with Gasteiger partial charge >= 0.3 is 6.18 Å². The number of piperazine rings is 1. The van der Waals surface area contributed by atoms with Gasteiger partial charge in [0, 0.05) is 39.6 Å². The zero-order valence-corrected chi connectivity index (χ0v) is 21.0. The number of halogens is 3. The topological polar surface area (TPSA) is 70.9 Å². The number of rotatable bonds is 7. The number of unbranched alkanes of at least 4 members (excludes halogenated alkanes) is 2. The molecule has 190 valence electrons. The highest BCUT2D eigenvalue weighted by molar-refractivity contribution is 7.80. The highest BCUT2D eigenvalue weighted by atomic mass is 32.1. The summed E-state index contributed by atoms with van der Waals surface area (Å²) in [7, 11) is 0. The quantitative estimate of drug-likeness (QED) is 0.413. The predicted octanol–water partition coefficient (Wildman–Crippen LogP) is 3.62. The number of alkyl halides is 3. The van der Waals surface area contributed by atoms with Crippen LogP contribution >= 0.6 is 12.2 Å². The van der Waals surface area contributed by atoms with Crippen molar-refractivity contribution in [3.8, 4) is 6.07 Å². The number of amides is 2. The van der Waals surface area contributed by atoms with Gasteiger partial charge in [-0.15, -0.1) is 0 Å². The third kappa shape index (κ3) is 5.76. The second kappa shape index (κ2) is 10.5. The van der Waals surface area contributed by atoms with Crippen LogP contribution in [-0.2, 0) is 15.8 Å². The molecule has 0 saturated carbocycles. The van der Waals surface area contributed by atoms with Crippen molar-refractivity contribution in [1.29, 1.82) is 5.26 Å². The summed E-state index contributed by atoms with van der Waals surface area (Å²) in [6, 6.07) is 4.76. The number of nitrogens with zero attached hydrogens (tertiary/aromatic N) is 5. The number of hydrogen-bond donors (Lipinski definition) is 0. The van der Waals surface area contributed by atoms with E-state index < -0.39 is 28.7 Å². The Kier molecular flexibility index (Phi) is 8.07. The van der Waals surface area contributed by atoms with Crippen molar-refractivity contribution in [3.05, 3.63) is 29.3 Å². The molecule has 2 heterocycles. The van der Waals surface area contributed by atoms with Gasteiger partial charge in [0.05, 0.1) is 22.9 Å². The third-order valence-electron chi connectivity index (χ3n) is 6.68. The fraction of sp³-hybridized carbons (Fsp3) is 0.583. The van der Waals surface area contributed by atoms with E-state index in [0.717, 1.165) is 69.0 Å². The number of thiocarbonyl (C=S) groups is 1. The average Bonchev–Trinajstić information content (AvgIpc) is 2.97. The van der Waals surface area contributed by atoms with Gasteiger partial charge in [-0.05, 0) is 63.7 Å². The van der Waals surface area contributed by atoms with Crippen LogP contribution in [0.3, 0.4) is 0 Å². The van der Waals surface area contributed by atoms with Crippen LogP contribution in [0.15, 0.2) is 18.2 Å². The lowest BCUT2D eigenvalue weighted by Gasteiger charge is -2.34. The first-order valence-corrected chi connectivity index (χ1v) is 12.0. The van der Waals surface area contributed by atoms with E-state index in [9.17, 15) is 22.8 Å². The van der Waals surface area contributed by atoms with Crippen LogP contribution in [0.25, 0.3) is 0 Å². The molecule has 2 amide bonds. The molecule has 7 nitrogen and oxygen atoms in total. The van der Waals surface area contributed by atoms with Gasteiger partial charge in [-0.25, -0.2) is 0 Å². The average molecular weight is 510 g/mol. The van der Waals surface area contributed by atoms with Gasteiger partial charge in [0.25, 0.3) is 5.91 Å². The fourth-order valence-electron chi connectivity index (χ4n) is 4.51. The second-order valence-corrected chi connectivity index (χ2v) is 9.75. The molecule has 2 aliphatic heterocycles. The first-order chi connectivity index (χ1) is 16.4. The van der Waals surface area contributed by atoms with E-state index in [1.54, 1.807) is 31.7 Å². The summed E-state index contributed by atoms with van der Waals surface area (Å²) in [6.45, 7) is 9.65. The Morgan fingerprint density at radius 1 is 1.11 bits per heavy atom. The zero-order chi connectivity index (χ0) is 26.0. The predicted molar refractivity (Wildman–Crippen MR) is 130 cm³/mol.